The number of ether oxygens (including phenoxy) is 1. The van der Waals surface area contributed by atoms with E-state index >= 15 is 0 Å². The highest BCUT2D eigenvalue weighted by Crippen LogP contribution is 2.27. The molecule has 2 aromatic carbocycles. The van der Waals surface area contributed by atoms with Crippen LogP contribution in [0.5, 0.6) is 5.75 Å². The first-order valence-corrected chi connectivity index (χ1v) is 6.96. The Hall–Kier alpha value is -1.87. The average Bonchev–Trinajstić information content (AvgIpc) is 2.84. The number of rotatable bonds is 3. The van der Waals surface area contributed by atoms with E-state index in [0.717, 1.165) is 5.56 Å². The zero-order chi connectivity index (χ0) is 13.2. The van der Waals surface area contributed by atoms with E-state index < -0.39 is 0 Å². The second-order valence-corrected chi connectivity index (χ2v) is 5.34. The predicted octanol–water partition coefficient (Wildman–Crippen LogP) is 4.93. The van der Waals surface area contributed by atoms with Crippen molar-refractivity contribution >= 4 is 21.4 Å². The van der Waals surface area contributed by atoms with Gasteiger partial charge in [0.2, 0.25) is 0 Å². The topological polar surface area (TPSA) is 9.23 Å². The molecule has 1 aromatic heterocycles. The standard InChI is InChI=1S/C16H13FOS/c1-11-5-4-7-14(16(11)17)18-9-12-10-19-15-8-3-2-6-13(12)15/h2-8,10H,9H2,1H3. The van der Waals surface area contributed by atoms with E-state index in [4.69, 9.17) is 4.74 Å². The zero-order valence-corrected chi connectivity index (χ0v) is 11.3. The molecule has 0 atom stereocenters. The second-order valence-electron chi connectivity index (χ2n) is 4.43. The minimum absolute atomic E-state index is 0.276. The quantitative estimate of drug-likeness (QED) is 0.657. The van der Waals surface area contributed by atoms with Gasteiger partial charge in [0.25, 0.3) is 0 Å². The Morgan fingerprint density at radius 1 is 1.11 bits per heavy atom. The van der Waals surface area contributed by atoms with E-state index in [1.807, 2.05) is 12.1 Å². The molecule has 0 aliphatic rings. The minimum atomic E-state index is -0.276. The van der Waals surface area contributed by atoms with Gasteiger partial charge in [0.15, 0.2) is 11.6 Å². The highest BCUT2D eigenvalue weighted by atomic mass is 32.1. The van der Waals surface area contributed by atoms with Gasteiger partial charge in [-0.25, -0.2) is 4.39 Å². The second kappa shape index (κ2) is 5.02. The van der Waals surface area contributed by atoms with Gasteiger partial charge < -0.3 is 4.74 Å². The lowest BCUT2D eigenvalue weighted by atomic mass is 10.2. The largest absolute Gasteiger partial charge is 0.486 e. The van der Waals surface area contributed by atoms with Crippen LogP contribution >= 0.6 is 11.3 Å². The van der Waals surface area contributed by atoms with Crippen molar-refractivity contribution in [2.24, 2.45) is 0 Å². The van der Waals surface area contributed by atoms with E-state index in [9.17, 15) is 4.39 Å². The molecular weight excluding hydrogens is 259 g/mol. The van der Waals surface area contributed by atoms with E-state index in [0.29, 0.717) is 17.9 Å². The monoisotopic (exact) mass is 272 g/mol. The molecule has 0 saturated heterocycles. The van der Waals surface area contributed by atoms with Gasteiger partial charge in [-0.15, -0.1) is 11.3 Å². The molecular formula is C16H13FOS. The fraction of sp³-hybridized carbons (Fsp3) is 0.125. The molecule has 3 rings (SSSR count). The summed E-state index contributed by atoms with van der Waals surface area (Å²) in [5.74, 6) is 0.0392. The molecule has 0 bridgehead atoms. The van der Waals surface area contributed by atoms with Crippen LogP contribution in [0.25, 0.3) is 10.1 Å². The van der Waals surface area contributed by atoms with Crippen molar-refractivity contribution in [3.05, 3.63) is 64.8 Å². The molecule has 19 heavy (non-hydrogen) atoms. The van der Waals surface area contributed by atoms with Gasteiger partial charge >= 0.3 is 0 Å². The molecule has 1 heterocycles. The molecule has 0 unspecified atom stereocenters. The molecule has 0 amide bonds. The Morgan fingerprint density at radius 3 is 2.84 bits per heavy atom. The van der Waals surface area contributed by atoms with Crippen LogP contribution in [-0.2, 0) is 6.61 Å². The first-order valence-electron chi connectivity index (χ1n) is 6.09. The van der Waals surface area contributed by atoms with Gasteiger partial charge in [-0.3, -0.25) is 0 Å². The molecule has 0 radical (unpaired) electrons. The molecule has 0 aliphatic heterocycles. The molecule has 96 valence electrons. The van der Waals surface area contributed by atoms with Gasteiger partial charge in [0, 0.05) is 10.3 Å². The first kappa shape index (κ1) is 12.2. The van der Waals surface area contributed by atoms with Crippen LogP contribution in [0.1, 0.15) is 11.1 Å². The van der Waals surface area contributed by atoms with Crippen molar-refractivity contribution in [1.82, 2.24) is 0 Å². The van der Waals surface area contributed by atoms with E-state index in [-0.39, 0.29) is 5.82 Å². The number of benzene rings is 2. The van der Waals surface area contributed by atoms with Crippen molar-refractivity contribution in [2.45, 2.75) is 13.5 Å². The Morgan fingerprint density at radius 2 is 1.95 bits per heavy atom. The maximum Gasteiger partial charge on any atom is 0.167 e. The van der Waals surface area contributed by atoms with Crippen LogP contribution in [0.4, 0.5) is 4.39 Å². The Bertz CT molecular complexity index is 718. The molecule has 3 heteroatoms. The van der Waals surface area contributed by atoms with Gasteiger partial charge in [-0.05, 0) is 35.4 Å². The lowest BCUT2D eigenvalue weighted by Crippen LogP contribution is -1.97. The van der Waals surface area contributed by atoms with Crippen molar-refractivity contribution < 1.29 is 9.13 Å². The average molecular weight is 272 g/mol. The normalized spacial score (nSPS) is 10.8. The molecule has 0 aliphatic carbocycles. The van der Waals surface area contributed by atoms with E-state index in [1.54, 1.807) is 36.5 Å². The lowest BCUT2D eigenvalue weighted by molar-refractivity contribution is 0.291. The Kier molecular flexibility index (Phi) is 3.22. The Balaban J connectivity index is 1.84. The summed E-state index contributed by atoms with van der Waals surface area (Å²) in [5.41, 5.74) is 1.70. The third kappa shape index (κ3) is 2.34. The number of aryl methyl sites for hydroxylation is 1. The number of fused-ring (bicyclic) bond motifs is 1. The van der Waals surface area contributed by atoms with Crippen molar-refractivity contribution in [3.8, 4) is 5.75 Å². The number of halogens is 1. The van der Waals surface area contributed by atoms with Gasteiger partial charge in [0.05, 0.1) is 0 Å². The zero-order valence-electron chi connectivity index (χ0n) is 10.5. The van der Waals surface area contributed by atoms with E-state index in [1.165, 1.54) is 10.1 Å². The first-order chi connectivity index (χ1) is 9.25. The molecule has 0 saturated carbocycles. The van der Waals surface area contributed by atoms with Gasteiger partial charge in [0.1, 0.15) is 6.61 Å². The molecule has 1 nitrogen and oxygen atoms in total. The van der Waals surface area contributed by atoms with Crippen LogP contribution in [-0.4, -0.2) is 0 Å². The highest BCUT2D eigenvalue weighted by Gasteiger charge is 2.08. The third-order valence-corrected chi connectivity index (χ3v) is 4.11. The summed E-state index contributed by atoms with van der Waals surface area (Å²) in [4.78, 5) is 0. The number of thiophene rings is 1. The van der Waals surface area contributed by atoms with Crippen molar-refractivity contribution in [3.63, 3.8) is 0 Å². The number of hydrogen-bond donors (Lipinski definition) is 0. The molecule has 0 fully saturated rings. The maximum atomic E-state index is 13.8. The summed E-state index contributed by atoms with van der Waals surface area (Å²) in [7, 11) is 0. The summed E-state index contributed by atoms with van der Waals surface area (Å²) >= 11 is 1.68. The van der Waals surface area contributed by atoms with Gasteiger partial charge in [-0.2, -0.15) is 0 Å². The van der Waals surface area contributed by atoms with Gasteiger partial charge in [-0.1, -0.05) is 30.3 Å². The van der Waals surface area contributed by atoms with Crippen molar-refractivity contribution in [1.29, 1.82) is 0 Å². The Labute approximate surface area is 115 Å². The summed E-state index contributed by atoms with van der Waals surface area (Å²) < 4.78 is 20.7. The van der Waals surface area contributed by atoms with Crippen LogP contribution in [0.15, 0.2) is 47.8 Å². The summed E-state index contributed by atoms with van der Waals surface area (Å²) in [6.07, 6.45) is 0. The van der Waals surface area contributed by atoms with Crippen LogP contribution < -0.4 is 4.74 Å². The molecule has 0 spiro atoms. The fourth-order valence-electron chi connectivity index (χ4n) is 2.03. The summed E-state index contributed by atoms with van der Waals surface area (Å²) in [5, 5.41) is 3.25. The summed E-state index contributed by atoms with van der Waals surface area (Å²) in [6.45, 7) is 2.13. The van der Waals surface area contributed by atoms with Crippen LogP contribution in [0.2, 0.25) is 0 Å². The smallest absolute Gasteiger partial charge is 0.167 e. The highest BCUT2D eigenvalue weighted by molar-refractivity contribution is 7.17. The third-order valence-electron chi connectivity index (χ3n) is 3.10. The molecule has 0 N–H and O–H groups in total. The van der Waals surface area contributed by atoms with E-state index in [2.05, 4.69) is 17.5 Å². The molecule has 3 aromatic rings. The SMILES string of the molecule is Cc1cccc(OCc2csc3ccccc23)c1F. The van der Waals surface area contributed by atoms with Crippen LogP contribution in [0.3, 0.4) is 0 Å². The number of hydrogen-bond acceptors (Lipinski definition) is 2. The maximum absolute atomic E-state index is 13.8. The minimum Gasteiger partial charge on any atom is -0.486 e. The lowest BCUT2D eigenvalue weighted by Gasteiger charge is -2.08. The van der Waals surface area contributed by atoms with Crippen LogP contribution in [0, 0.1) is 12.7 Å². The fourth-order valence-corrected chi connectivity index (χ4v) is 2.98. The predicted molar refractivity (Wildman–Crippen MR) is 77.3 cm³/mol. The van der Waals surface area contributed by atoms with Crippen molar-refractivity contribution in [2.75, 3.05) is 0 Å². The summed E-state index contributed by atoms with van der Waals surface area (Å²) in [6, 6.07) is 13.4.